The van der Waals surface area contributed by atoms with Gasteiger partial charge in [0, 0.05) is 12.2 Å². The van der Waals surface area contributed by atoms with Crippen molar-refractivity contribution in [1.82, 2.24) is 10.2 Å². The van der Waals surface area contributed by atoms with Gasteiger partial charge in [-0.05, 0) is 56.9 Å². The number of hydrogen-bond acceptors (Lipinski definition) is 3. The van der Waals surface area contributed by atoms with Gasteiger partial charge in [-0.3, -0.25) is 4.79 Å². The van der Waals surface area contributed by atoms with E-state index in [0.717, 1.165) is 31.1 Å². The number of hydrogen-bond donors (Lipinski definition) is 2. The van der Waals surface area contributed by atoms with Crippen LogP contribution in [0.4, 0.5) is 5.69 Å². The average Bonchev–Trinajstić information content (AvgIpc) is 2.52. The molecular formula is C17H27N3O. The van der Waals surface area contributed by atoms with Crippen LogP contribution in [-0.4, -0.2) is 43.5 Å². The Kier molecular flexibility index (Phi) is 6.54. The molecule has 2 N–H and O–H groups in total. The molecule has 0 unspecified atom stereocenters. The van der Waals surface area contributed by atoms with Gasteiger partial charge in [0.25, 0.3) is 0 Å². The Labute approximate surface area is 127 Å². The summed E-state index contributed by atoms with van der Waals surface area (Å²) in [5.41, 5.74) is 0.982. The van der Waals surface area contributed by atoms with E-state index in [2.05, 4.69) is 22.5 Å². The van der Waals surface area contributed by atoms with Crippen molar-refractivity contribution in [2.45, 2.75) is 26.2 Å². The fourth-order valence-corrected chi connectivity index (χ4v) is 2.62. The molecule has 0 aliphatic carbocycles. The molecule has 4 heteroatoms. The largest absolute Gasteiger partial charge is 0.376 e. The molecule has 0 spiro atoms. The first-order valence-corrected chi connectivity index (χ1v) is 8.02. The van der Waals surface area contributed by atoms with Gasteiger partial charge < -0.3 is 15.5 Å². The van der Waals surface area contributed by atoms with Crippen molar-refractivity contribution in [2.24, 2.45) is 5.92 Å². The summed E-state index contributed by atoms with van der Waals surface area (Å²) < 4.78 is 0. The molecule has 4 nitrogen and oxygen atoms in total. The van der Waals surface area contributed by atoms with Crippen LogP contribution in [0.25, 0.3) is 0 Å². The maximum Gasteiger partial charge on any atom is 0.239 e. The van der Waals surface area contributed by atoms with Gasteiger partial charge >= 0.3 is 0 Å². The first-order valence-electron chi connectivity index (χ1n) is 8.02. The van der Waals surface area contributed by atoms with E-state index in [4.69, 9.17) is 0 Å². The Balaban J connectivity index is 1.51. The summed E-state index contributed by atoms with van der Waals surface area (Å²) in [6.07, 6.45) is 3.66. The van der Waals surface area contributed by atoms with Crippen molar-refractivity contribution < 1.29 is 4.79 Å². The van der Waals surface area contributed by atoms with E-state index in [1.54, 1.807) is 0 Å². The summed E-state index contributed by atoms with van der Waals surface area (Å²) in [5.74, 6) is 0.941. The number of benzene rings is 1. The maximum atomic E-state index is 11.7. The third-order valence-electron chi connectivity index (χ3n) is 4.08. The zero-order valence-corrected chi connectivity index (χ0v) is 13.0. The SMILES string of the molecule is CC1CCN(CCCNC(=O)CNc2ccccc2)CC1. The van der Waals surface area contributed by atoms with Crippen molar-refractivity contribution >= 4 is 11.6 Å². The number of anilines is 1. The number of piperidine rings is 1. The fourth-order valence-electron chi connectivity index (χ4n) is 2.62. The molecule has 0 radical (unpaired) electrons. The molecule has 1 aliphatic rings. The van der Waals surface area contributed by atoms with Gasteiger partial charge in [-0.25, -0.2) is 0 Å². The predicted octanol–water partition coefficient (Wildman–Crippen LogP) is 2.34. The molecule has 1 aromatic rings. The van der Waals surface area contributed by atoms with Crippen molar-refractivity contribution in [1.29, 1.82) is 0 Å². The topological polar surface area (TPSA) is 44.4 Å². The van der Waals surface area contributed by atoms with E-state index in [1.807, 2.05) is 30.3 Å². The van der Waals surface area contributed by atoms with Crippen LogP contribution in [0.15, 0.2) is 30.3 Å². The van der Waals surface area contributed by atoms with Gasteiger partial charge in [0.2, 0.25) is 5.91 Å². The van der Waals surface area contributed by atoms with Crippen LogP contribution in [-0.2, 0) is 4.79 Å². The second kappa shape index (κ2) is 8.67. The predicted molar refractivity (Wildman–Crippen MR) is 87.4 cm³/mol. The molecule has 1 saturated heterocycles. The van der Waals surface area contributed by atoms with E-state index in [1.165, 1.54) is 25.9 Å². The third kappa shape index (κ3) is 6.17. The molecule has 0 atom stereocenters. The number of carbonyl (C=O) groups is 1. The smallest absolute Gasteiger partial charge is 0.239 e. The van der Waals surface area contributed by atoms with Crippen LogP contribution >= 0.6 is 0 Å². The van der Waals surface area contributed by atoms with Gasteiger partial charge in [0.05, 0.1) is 6.54 Å². The second-order valence-electron chi connectivity index (χ2n) is 5.95. The molecule has 21 heavy (non-hydrogen) atoms. The normalized spacial score (nSPS) is 16.6. The summed E-state index contributed by atoms with van der Waals surface area (Å²) in [7, 11) is 0. The lowest BCUT2D eigenvalue weighted by atomic mass is 9.99. The minimum Gasteiger partial charge on any atom is -0.376 e. The molecule has 116 valence electrons. The van der Waals surface area contributed by atoms with Crippen LogP contribution in [0.1, 0.15) is 26.2 Å². The molecule has 1 fully saturated rings. The number of amides is 1. The van der Waals surface area contributed by atoms with E-state index in [0.29, 0.717) is 6.54 Å². The van der Waals surface area contributed by atoms with Gasteiger partial charge in [-0.2, -0.15) is 0 Å². The number of rotatable bonds is 7. The highest BCUT2D eigenvalue weighted by atomic mass is 16.1. The van der Waals surface area contributed by atoms with E-state index in [-0.39, 0.29) is 5.91 Å². The Morgan fingerprint density at radius 2 is 1.95 bits per heavy atom. The number of nitrogens with zero attached hydrogens (tertiary/aromatic N) is 1. The van der Waals surface area contributed by atoms with Crippen molar-refractivity contribution in [3.05, 3.63) is 30.3 Å². The summed E-state index contributed by atoms with van der Waals surface area (Å²) in [6.45, 7) is 6.96. The molecule has 2 rings (SSSR count). The number of para-hydroxylation sites is 1. The molecular weight excluding hydrogens is 262 g/mol. The van der Waals surface area contributed by atoms with Crippen LogP contribution in [0, 0.1) is 5.92 Å². The highest BCUT2D eigenvalue weighted by Crippen LogP contribution is 2.15. The van der Waals surface area contributed by atoms with E-state index >= 15 is 0 Å². The van der Waals surface area contributed by atoms with Gasteiger partial charge in [-0.1, -0.05) is 25.1 Å². The Hall–Kier alpha value is -1.55. The first-order chi connectivity index (χ1) is 10.2. The minimum atomic E-state index is 0.0612. The van der Waals surface area contributed by atoms with Gasteiger partial charge in [-0.15, -0.1) is 0 Å². The highest BCUT2D eigenvalue weighted by Gasteiger charge is 2.14. The van der Waals surface area contributed by atoms with Crippen LogP contribution in [0.3, 0.4) is 0 Å². The summed E-state index contributed by atoms with van der Waals surface area (Å²) in [5, 5.41) is 6.09. The minimum absolute atomic E-state index is 0.0612. The number of likely N-dealkylation sites (tertiary alicyclic amines) is 1. The van der Waals surface area contributed by atoms with Crippen molar-refractivity contribution in [3.63, 3.8) is 0 Å². The molecule has 1 amide bonds. The number of carbonyl (C=O) groups excluding carboxylic acids is 1. The van der Waals surface area contributed by atoms with Crippen LogP contribution < -0.4 is 10.6 Å². The van der Waals surface area contributed by atoms with Crippen molar-refractivity contribution in [3.8, 4) is 0 Å². The third-order valence-corrected chi connectivity index (χ3v) is 4.08. The lowest BCUT2D eigenvalue weighted by Crippen LogP contribution is -2.36. The summed E-state index contributed by atoms with van der Waals surface area (Å²) >= 11 is 0. The lowest BCUT2D eigenvalue weighted by Gasteiger charge is -2.30. The van der Waals surface area contributed by atoms with E-state index < -0.39 is 0 Å². The monoisotopic (exact) mass is 289 g/mol. The molecule has 1 heterocycles. The van der Waals surface area contributed by atoms with Crippen LogP contribution in [0.2, 0.25) is 0 Å². The van der Waals surface area contributed by atoms with Crippen LogP contribution in [0.5, 0.6) is 0 Å². The highest BCUT2D eigenvalue weighted by molar-refractivity contribution is 5.80. The summed E-state index contributed by atoms with van der Waals surface area (Å²) in [6, 6.07) is 9.81. The molecule has 0 saturated carbocycles. The van der Waals surface area contributed by atoms with Crippen molar-refractivity contribution in [2.75, 3.05) is 38.0 Å². The summed E-state index contributed by atoms with van der Waals surface area (Å²) in [4.78, 5) is 14.2. The lowest BCUT2D eigenvalue weighted by molar-refractivity contribution is -0.119. The van der Waals surface area contributed by atoms with E-state index in [9.17, 15) is 4.79 Å². The van der Waals surface area contributed by atoms with Gasteiger partial charge in [0.15, 0.2) is 0 Å². The molecule has 1 aromatic carbocycles. The molecule has 0 aromatic heterocycles. The molecule has 1 aliphatic heterocycles. The second-order valence-corrected chi connectivity index (χ2v) is 5.95. The Morgan fingerprint density at radius 1 is 1.24 bits per heavy atom. The quantitative estimate of drug-likeness (QED) is 0.757. The molecule has 0 bridgehead atoms. The Morgan fingerprint density at radius 3 is 2.67 bits per heavy atom. The zero-order chi connectivity index (χ0) is 14.9. The zero-order valence-electron chi connectivity index (χ0n) is 13.0. The number of nitrogens with one attached hydrogen (secondary N) is 2. The Bertz CT molecular complexity index is 413. The van der Waals surface area contributed by atoms with Gasteiger partial charge in [0.1, 0.15) is 0 Å². The first kappa shape index (κ1) is 15.8. The maximum absolute atomic E-state index is 11.7. The fraction of sp³-hybridized carbons (Fsp3) is 0.588. The standard InChI is InChI=1S/C17H27N3O/c1-15-8-12-20(13-9-15)11-5-10-18-17(21)14-19-16-6-3-2-4-7-16/h2-4,6-7,15,19H,5,8-14H2,1H3,(H,18,21). The average molecular weight is 289 g/mol.